The summed E-state index contributed by atoms with van der Waals surface area (Å²) in [5.74, 6) is 1.05. The molecule has 1 heteroatoms. The van der Waals surface area contributed by atoms with E-state index in [1.54, 1.807) is 0 Å². The van der Waals surface area contributed by atoms with Crippen molar-refractivity contribution in [3.63, 3.8) is 0 Å². The van der Waals surface area contributed by atoms with Crippen molar-refractivity contribution in [2.24, 2.45) is 0 Å². The van der Waals surface area contributed by atoms with Crippen LogP contribution in [0, 0.1) is 13.8 Å². The Hall–Kier alpha value is -1.21. The molecule has 0 aromatic heterocycles. The lowest BCUT2D eigenvalue weighted by atomic mass is 9.95. The van der Waals surface area contributed by atoms with Crippen LogP contribution in [0.1, 0.15) is 57.2 Å². The lowest BCUT2D eigenvalue weighted by molar-refractivity contribution is 0.986. The van der Waals surface area contributed by atoms with E-state index in [2.05, 4.69) is 78.5 Å². The van der Waals surface area contributed by atoms with E-state index in [1.165, 1.54) is 33.4 Å². The van der Waals surface area contributed by atoms with Crippen LogP contribution in [-0.4, -0.2) is 5.25 Å². The lowest BCUT2D eigenvalue weighted by Gasteiger charge is -2.19. The van der Waals surface area contributed by atoms with Crippen LogP contribution >= 0.6 is 11.8 Å². The van der Waals surface area contributed by atoms with Gasteiger partial charge < -0.3 is 0 Å². The molecule has 1 rings (SSSR count). The normalized spacial score (nSPS) is 14.0. The van der Waals surface area contributed by atoms with E-state index in [9.17, 15) is 0 Å². The molecule has 0 aliphatic carbocycles. The molecular weight excluding hydrogens is 296 g/mol. The Morgan fingerprint density at radius 3 is 2.39 bits per heavy atom. The van der Waals surface area contributed by atoms with E-state index < -0.39 is 0 Å². The molecule has 0 heterocycles. The van der Waals surface area contributed by atoms with E-state index in [0.717, 1.165) is 18.6 Å². The third-order valence-corrected chi connectivity index (χ3v) is 5.67. The van der Waals surface area contributed by atoms with Crippen LogP contribution in [0.2, 0.25) is 0 Å². The largest absolute Gasteiger partial charge is 0.149 e. The van der Waals surface area contributed by atoms with Crippen molar-refractivity contribution in [3.8, 4) is 0 Å². The lowest BCUT2D eigenvalue weighted by Crippen LogP contribution is -2.05. The van der Waals surface area contributed by atoms with Crippen molar-refractivity contribution in [3.05, 3.63) is 70.3 Å². The summed E-state index contributed by atoms with van der Waals surface area (Å²) < 4.78 is 0. The average Bonchev–Trinajstić information content (AvgIpc) is 2.55. The van der Waals surface area contributed by atoms with Crippen molar-refractivity contribution < 1.29 is 0 Å². The highest BCUT2D eigenvalue weighted by Gasteiger charge is 2.13. The number of hydrogen-bond donors (Lipinski definition) is 0. The summed E-state index contributed by atoms with van der Waals surface area (Å²) in [4.78, 5) is 0. The van der Waals surface area contributed by atoms with Crippen LogP contribution in [-0.2, 0) is 5.75 Å². The maximum Gasteiger partial charge on any atom is 0.0275 e. The Bertz CT molecular complexity index is 590. The van der Waals surface area contributed by atoms with Crippen LogP contribution in [0.15, 0.2) is 53.6 Å². The molecule has 0 amide bonds. The Morgan fingerprint density at radius 2 is 1.87 bits per heavy atom. The number of aryl methyl sites for hydroxylation is 2. The van der Waals surface area contributed by atoms with Crippen LogP contribution in [0.4, 0.5) is 0 Å². The van der Waals surface area contributed by atoms with E-state index >= 15 is 0 Å². The van der Waals surface area contributed by atoms with Gasteiger partial charge in [-0.1, -0.05) is 56.4 Å². The highest BCUT2D eigenvalue weighted by molar-refractivity contribution is 7.99. The molecule has 0 saturated carbocycles. The summed E-state index contributed by atoms with van der Waals surface area (Å²) in [5.41, 5.74) is 8.32. The smallest absolute Gasteiger partial charge is 0.0275 e. The standard InChI is InChI=1S/C22H32S/c1-8-11-22(21(10-3)16(4)9-2)19(7)23-15-20-13-12-17(5)18(6)14-20/h8,11-14,19H,4,9-10,15H2,1-3,5-7H3/b11-8-,22-21+. The van der Waals surface area contributed by atoms with Gasteiger partial charge in [-0.2, -0.15) is 0 Å². The first kappa shape index (κ1) is 19.8. The fraction of sp³-hybridized carbons (Fsp3) is 0.455. The molecule has 1 aromatic carbocycles. The monoisotopic (exact) mass is 328 g/mol. The van der Waals surface area contributed by atoms with Gasteiger partial charge >= 0.3 is 0 Å². The highest BCUT2D eigenvalue weighted by Crippen LogP contribution is 2.31. The summed E-state index contributed by atoms with van der Waals surface area (Å²) in [7, 11) is 0. The van der Waals surface area contributed by atoms with Gasteiger partial charge in [0.2, 0.25) is 0 Å². The van der Waals surface area contributed by atoms with Crippen LogP contribution < -0.4 is 0 Å². The highest BCUT2D eigenvalue weighted by atomic mass is 32.2. The summed E-state index contributed by atoms with van der Waals surface area (Å²) in [5, 5.41) is 0.478. The molecule has 126 valence electrons. The van der Waals surface area contributed by atoms with Crippen LogP contribution in [0.5, 0.6) is 0 Å². The maximum absolute atomic E-state index is 4.27. The molecule has 23 heavy (non-hydrogen) atoms. The van der Waals surface area contributed by atoms with Crippen LogP contribution in [0.25, 0.3) is 0 Å². The Labute approximate surface area is 147 Å². The first-order valence-corrected chi connectivity index (χ1v) is 9.70. The maximum atomic E-state index is 4.27. The molecule has 1 unspecified atom stereocenters. The number of thioether (sulfide) groups is 1. The van der Waals surface area contributed by atoms with Crippen LogP contribution in [0.3, 0.4) is 0 Å². The van der Waals surface area contributed by atoms with Gasteiger partial charge in [-0.05, 0) is 68.4 Å². The summed E-state index contributed by atoms with van der Waals surface area (Å²) >= 11 is 2.01. The third-order valence-electron chi connectivity index (χ3n) is 4.41. The van der Waals surface area contributed by atoms with Crippen molar-refractivity contribution in [1.29, 1.82) is 0 Å². The second-order valence-electron chi connectivity index (χ2n) is 6.12. The average molecular weight is 329 g/mol. The Morgan fingerprint density at radius 1 is 1.17 bits per heavy atom. The van der Waals surface area contributed by atoms with Crippen molar-refractivity contribution >= 4 is 11.8 Å². The summed E-state index contributed by atoms with van der Waals surface area (Å²) in [6.45, 7) is 17.5. The SMILES string of the molecule is C=C(CC)/C(CC)=C(\C=C/C)C(C)SCc1ccc(C)c(C)c1. The second-order valence-corrected chi connectivity index (χ2v) is 7.45. The molecule has 0 aliphatic rings. The first-order chi connectivity index (χ1) is 10.9. The van der Waals surface area contributed by atoms with Gasteiger partial charge in [0.15, 0.2) is 0 Å². The van der Waals surface area contributed by atoms with Gasteiger partial charge in [-0.25, -0.2) is 0 Å². The zero-order valence-electron chi connectivity index (χ0n) is 15.7. The zero-order chi connectivity index (χ0) is 17.4. The molecule has 0 spiro atoms. The first-order valence-electron chi connectivity index (χ1n) is 8.66. The van der Waals surface area contributed by atoms with E-state index in [1.807, 2.05) is 11.8 Å². The molecular formula is C22H32S. The van der Waals surface area contributed by atoms with Gasteiger partial charge in [0.1, 0.15) is 0 Å². The minimum Gasteiger partial charge on any atom is -0.149 e. The third kappa shape index (κ3) is 5.73. The quantitative estimate of drug-likeness (QED) is 0.456. The predicted molar refractivity (Wildman–Crippen MR) is 108 cm³/mol. The Kier molecular flexibility index (Phi) is 8.47. The molecule has 0 nitrogen and oxygen atoms in total. The van der Waals surface area contributed by atoms with E-state index in [-0.39, 0.29) is 0 Å². The van der Waals surface area contributed by atoms with Gasteiger partial charge in [-0.15, -0.1) is 11.8 Å². The minimum absolute atomic E-state index is 0.478. The molecule has 1 atom stereocenters. The number of hydrogen-bond acceptors (Lipinski definition) is 1. The van der Waals surface area contributed by atoms with E-state index in [0.29, 0.717) is 5.25 Å². The number of allylic oxidation sites excluding steroid dienone is 4. The minimum atomic E-state index is 0.478. The molecule has 0 saturated heterocycles. The Balaban J connectivity index is 2.94. The van der Waals surface area contributed by atoms with Gasteiger partial charge in [0.05, 0.1) is 0 Å². The van der Waals surface area contributed by atoms with Crippen molar-refractivity contribution in [2.75, 3.05) is 0 Å². The fourth-order valence-electron chi connectivity index (χ4n) is 2.74. The van der Waals surface area contributed by atoms with E-state index in [4.69, 9.17) is 0 Å². The van der Waals surface area contributed by atoms with Gasteiger partial charge in [0, 0.05) is 11.0 Å². The molecule has 0 fully saturated rings. The molecule has 1 aromatic rings. The summed E-state index contributed by atoms with van der Waals surface area (Å²) in [6.07, 6.45) is 6.51. The molecule has 0 N–H and O–H groups in total. The second kappa shape index (κ2) is 9.82. The number of benzene rings is 1. The fourth-order valence-corrected chi connectivity index (χ4v) is 3.76. The molecule has 0 bridgehead atoms. The molecule has 0 aliphatic heterocycles. The van der Waals surface area contributed by atoms with Gasteiger partial charge in [0.25, 0.3) is 0 Å². The predicted octanol–water partition coefficient (Wildman–Crippen LogP) is 7.17. The van der Waals surface area contributed by atoms with Crippen molar-refractivity contribution in [1.82, 2.24) is 0 Å². The van der Waals surface area contributed by atoms with Gasteiger partial charge in [-0.3, -0.25) is 0 Å². The molecule has 0 radical (unpaired) electrons. The number of rotatable bonds is 8. The van der Waals surface area contributed by atoms with Crippen molar-refractivity contribution in [2.45, 2.75) is 65.4 Å². The summed E-state index contributed by atoms with van der Waals surface area (Å²) in [6, 6.07) is 6.81. The zero-order valence-corrected chi connectivity index (χ0v) is 16.5. The topological polar surface area (TPSA) is 0 Å².